The first-order valence-corrected chi connectivity index (χ1v) is 10.3. The molecule has 4 rings (SSSR count). The highest BCUT2D eigenvalue weighted by Gasteiger charge is 2.31. The molecule has 0 atom stereocenters. The number of hydrogen-bond donors (Lipinski definition) is 1. The number of aliphatic carboxylic acids is 1. The van der Waals surface area contributed by atoms with Crippen LogP contribution in [-0.2, 0) is 29.1 Å². The van der Waals surface area contributed by atoms with Gasteiger partial charge in [-0.3, -0.25) is 9.59 Å². The maximum atomic E-state index is 12.8. The predicted octanol–water partition coefficient (Wildman–Crippen LogP) is 3.61. The Kier molecular flexibility index (Phi) is 4.89. The van der Waals surface area contributed by atoms with Crippen molar-refractivity contribution in [2.45, 2.75) is 65.5 Å². The van der Waals surface area contributed by atoms with Crippen LogP contribution in [0.5, 0.6) is 0 Å². The van der Waals surface area contributed by atoms with Crippen molar-refractivity contribution in [1.29, 1.82) is 0 Å². The maximum absolute atomic E-state index is 12.8. The molecule has 0 saturated heterocycles. The van der Waals surface area contributed by atoms with Crippen LogP contribution in [0.3, 0.4) is 0 Å². The molecule has 2 aromatic heterocycles. The van der Waals surface area contributed by atoms with Gasteiger partial charge in [0.15, 0.2) is 0 Å². The van der Waals surface area contributed by atoms with Crippen molar-refractivity contribution in [3.63, 3.8) is 0 Å². The predicted molar refractivity (Wildman–Crippen MR) is 107 cm³/mol. The van der Waals surface area contributed by atoms with Crippen LogP contribution < -0.4 is 0 Å². The summed E-state index contributed by atoms with van der Waals surface area (Å²) in [5, 5.41) is 10.5. The van der Waals surface area contributed by atoms with Gasteiger partial charge in [0.25, 0.3) is 0 Å². The van der Waals surface area contributed by atoms with Crippen LogP contribution in [-0.4, -0.2) is 38.0 Å². The zero-order chi connectivity index (χ0) is 19.9. The SMILES string of the molecule is CC(C)(CCCC(=O)N1CCc2c(n(CC3CC3)c3ncccc23)C1)C(=O)O. The van der Waals surface area contributed by atoms with Gasteiger partial charge in [0, 0.05) is 36.8 Å². The number of rotatable bonds is 7. The van der Waals surface area contributed by atoms with E-state index in [-0.39, 0.29) is 5.91 Å². The normalized spacial score (nSPS) is 17.0. The van der Waals surface area contributed by atoms with E-state index in [9.17, 15) is 14.7 Å². The number of aromatic nitrogens is 2. The second-order valence-corrected chi connectivity index (χ2v) is 8.96. The first kappa shape index (κ1) is 19.0. The number of carboxylic acids is 1. The van der Waals surface area contributed by atoms with Gasteiger partial charge >= 0.3 is 5.97 Å². The minimum Gasteiger partial charge on any atom is -0.481 e. The van der Waals surface area contributed by atoms with E-state index < -0.39 is 11.4 Å². The Hall–Kier alpha value is -2.37. The summed E-state index contributed by atoms with van der Waals surface area (Å²) in [7, 11) is 0. The van der Waals surface area contributed by atoms with Crippen molar-refractivity contribution in [1.82, 2.24) is 14.5 Å². The number of carboxylic acid groups (broad SMARTS) is 1. The molecule has 0 bridgehead atoms. The zero-order valence-corrected chi connectivity index (χ0v) is 16.8. The number of nitrogens with zero attached hydrogens (tertiary/aromatic N) is 3. The molecule has 6 nitrogen and oxygen atoms in total. The monoisotopic (exact) mass is 383 g/mol. The topological polar surface area (TPSA) is 75.4 Å². The van der Waals surface area contributed by atoms with Crippen LogP contribution in [0, 0.1) is 11.3 Å². The smallest absolute Gasteiger partial charge is 0.309 e. The highest BCUT2D eigenvalue weighted by molar-refractivity contribution is 5.84. The van der Waals surface area contributed by atoms with Gasteiger partial charge in [-0.05, 0) is 69.6 Å². The van der Waals surface area contributed by atoms with E-state index >= 15 is 0 Å². The van der Waals surface area contributed by atoms with Crippen molar-refractivity contribution >= 4 is 22.9 Å². The molecule has 0 radical (unpaired) electrons. The molecule has 3 heterocycles. The third-order valence-corrected chi connectivity index (χ3v) is 6.28. The minimum atomic E-state index is -0.806. The fourth-order valence-corrected chi connectivity index (χ4v) is 4.17. The Morgan fingerprint density at radius 2 is 2.11 bits per heavy atom. The van der Waals surface area contributed by atoms with Crippen LogP contribution in [0.4, 0.5) is 0 Å². The average Bonchev–Trinajstić information content (AvgIpc) is 3.44. The van der Waals surface area contributed by atoms with Crippen molar-refractivity contribution in [3.8, 4) is 0 Å². The molecule has 1 amide bonds. The fraction of sp³-hybridized carbons (Fsp3) is 0.591. The van der Waals surface area contributed by atoms with Crippen molar-refractivity contribution in [3.05, 3.63) is 29.6 Å². The third-order valence-electron chi connectivity index (χ3n) is 6.28. The third kappa shape index (κ3) is 3.64. The summed E-state index contributed by atoms with van der Waals surface area (Å²) in [6.45, 7) is 5.80. The summed E-state index contributed by atoms with van der Waals surface area (Å²) < 4.78 is 2.34. The Bertz CT molecular complexity index is 911. The number of amides is 1. The van der Waals surface area contributed by atoms with Crippen LogP contribution in [0.1, 0.15) is 57.2 Å². The molecule has 2 aromatic rings. The molecule has 0 unspecified atom stereocenters. The first-order valence-electron chi connectivity index (χ1n) is 10.3. The van der Waals surface area contributed by atoms with Gasteiger partial charge in [0.2, 0.25) is 5.91 Å². The lowest BCUT2D eigenvalue weighted by molar-refractivity contribution is -0.147. The molecule has 1 fully saturated rings. The van der Waals surface area contributed by atoms with Gasteiger partial charge in [-0.2, -0.15) is 0 Å². The lowest BCUT2D eigenvalue weighted by Gasteiger charge is -2.29. The summed E-state index contributed by atoms with van der Waals surface area (Å²) in [5.74, 6) is 0.0636. The quantitative estimate of drug-likeness (QED) is 0.792. The van der Waals surface area contributed by atoms with Crippen LogP contribution in [0.25, 0.3) is 11.0 Å². The number of pyridine rings is 1. The summed E-state index contributed by atoms with van der Waals surface area (Å²) >= 11 is 0. The molecule has 28 heavy (non-hydrogen) atoms. The first-order chi connectivity index (χ1) is 13.4. The van der Waals surface area contributed by atoms with Crippen molar-refractivity contribution in [2.75, 3.05) is 6.54 Å². The van der Waals surface area contributed by atoms with Gasteiger partial charge in [0.1, 0.15) is 5.65 Å². The molecule has 0 aromatic carbocycles. The summed E-state index contributed by atoms with van der Waals surface area (Å²) in [5.41, 5.74) is 2.86. The highest BCUT2D eigenvalue weighted by atomic mass is 16.4. The number of carbonyl (C=O) groups is 2. The molecular weight excluding hydrogens is 354 g/mol. The number of fused-ring (bicyclic) bond motifs is 3. The summed E-state index contributed by atoms with van der Waals surface area (Å²) in [4.78, 5) is 30.6. The van der Waals surface area contributed by atoms with E-state index in [0.717, 1.165) is 31.1 Å². The Labute approximate surface area is 165 Å². The van der Waals surface area contributed by atoms with E-state index in [2.05, 4.69) is 15.6 Å². The van der Waals surface area contributed by atoms with Gasteiger partial charge in [-0.15, -0.1) is 0 Å². The summed E-state index contributed by atoms with van der Waals surface area (Å²) in [6, 6.07) is 4.14. The molecule has 1 saturated carbocycles. The van der Waals surface area contributed by atoms with Gasteiger partial charge in [0.05, 0.1) is 12.0 Å². The minimum absolute atomic E-state index is 0.128. The second-order valence-electron chi connectivity index (χ2n) is 8.96. The second kappa shape index (κ2) is 7.22. The Morgan fingerprint density at radius 1 is 1.32 bits per heavy atom. The highest BCUT2D eigenvalue weighted by Crippen LogP contribution is 2.36. The molecular formula is C22H29N3O3. The number of hydrogen-bond acceptors (Lipinski definition) is 3. The maximum Gasteiger partial charge on any atom is 0.309 e. The van der Waals surface area contributed by atoms with Crippen LogP contribution >= 0.6 is 0 Å². The molecule has 6 heteroatoms. The molecule has 1 aliphatic heterocycles. The zero-order valence-electron chi connectivity index (χ0n) is 16.8. The number of carbonyl (C=O) groups excluding carboxylic acids is 1. The molecule has 0 spiro atoms. The Balaban J connectivity index is 1.48. The van der Waals surface area contributed by atoms with Gasteiger partial charge in [-0.25, -0.2) is 4.98 Å². The van der Waals surface area contributed by atoms with Crippen LogP contribution in [0.15, 0.2) is 18.3 Å². The van der Waals surface area contributed by atoms with E-state index in [1.54, 1.807) is 13.8 Å². The van der Waals surface area contributed by atoms with E-state index in [1.165, 1.54) is 29.5 Å². The van der Waals surface area contributed by atoms with E-state index in [0.29, 0.717) is 25.8 Å². The average molecular weight is 383 g/mol. The molecule has 2 aliphatic rings. The van der Waals surface area contributed by atoms with Gasteiger partial charge in [-0.1, -0.05) is 0 Å². The lowest BCUT2D eigenvalue weighted by Crippen LogP contribution is -2.36. The van der Waals surface area contributed by atoms with Crippen molar-refractivity contribution in [2.24, 2.45) is 11.3 Å². The van der Waals surface area contributed by atoms with Crippen LogP contribution in [0.2, 0.25) is 0 Å². The standard InChI is InChI=1S/C22H29N3O3/c1-22(2,21(27)28)10-3-6-19(26)24-12-9-16-17-5-4-11-23-20(17)25(18(16)14-24)13-15-7-8-15/h4-5,11,15H,3,6-10,12-14H2,1-2H3,(H,27,28). The largest absolute Gasteiger partial charge is 0.481 e. The van der Waals surface area contributed by atoms with Crippen molar-refractivity contribution < 1.29 is 14.7 Å². The molecule has 1 N–H and O–H groups in total. The molecule has 1 aliphatic carbocycles. The lowest BCUT2D eigenvalue weighted by atomic mass is 9.87. The Morgan fingerprint density at radius 3 is 2.82 bits per heavy atom. The fourth-order valence-electron chi connectivity index (χ4n) is 4.17. The van der Waals surface area contributed by atoms with E-state index in [4.69, 9.17) is 0 Å². The van der Waals surface area contributed by atoms with E-state index in [1.807, 2.05) is 17.2 Å². The molecule has 150 valence electrons. The summed E-state index contributed by atoms with van der Waals surface area (Å²) in [6.07, 6.45) is 6.80. The van der Waals surface area contributed by atoms with Gasteiger partial charge < -0.3 is 14.6 Å².